The van der Waals surface area contributed by atoms with E-state index in [9.17, 15) is 0 Å². The lowest BCUT2D eigenvalue weighted by Gasteiger charge is -2.34. The van der Waals surface area contributed by atoms with E-state index in [4.69, 9.17) is 15.1 Å². The monoisotopic (exact) mass is 514 g/mol. The summed E-state index contributed by atoms with van der Waals surface area (Å²) in [6.07, 6.45) is 0. The lowest BCUT2D eigenvalue weighted by atomic mass is 10.2. The van der Waals surface area contributed by atoms with Gasteiger partial charge in [-0.25, -0.2) is 4.98 Å². The Bertz CT molecular complexity index is 1020. The topological polar surface area (TPSA) is 73.6 Å². The van der Waals surface area contributed by atoms with Crippen molar-refractivity contribution >= 4 is 48.8 Å². The standard InChI is InChI=1S/C22H30N8.3ClH/c1-16-13-28(10-8-23-16)15-19-12-20(29-11-9-24-17(2)14-29)30-22(25-19)26-21(27-30)18-6-4-3-5-7-18;;;/h3-7,12,16-17,23-24H,8-11,13-15H2,1-2H3;3*1H. The minimum absolute atomic E-state index is 0. The van der Waals surface area contributed by atoms with Crippen LogP contribution in [0.1, 0.15) is 19.5 Å². The van der Waals surface area contributed by atoms with Crippen LogP contribution in [0.3, 0.4) is 0 Å². The molecule has 2 N–H and O–H groups in total. The molecule has 1 aromatic carbocycles. The number of benzene rings is 1. The molecule has 0 spiro atoms. The van der Waals surface area contributed by atoms with Crippen LogP contribution < -0.4 is 15.5 Å². The van der Waals surface area contributed by atoms with Gasteiger partial charge in [0.25, 0.3) is 5.78 Å². The van der Waals surface area contributed by atoms with Gasteiger partial charge in [-0.3, -0.25) is 4.90 Å². The molecule has 2 atom stereocenters. The third-order valence-electron chi connectivity index (χ3n) is 5.91. The van der Waals surface area contributed by atoms with Crippen molar-refractivity contribution in [2.75, 3.05) is 44.2 Å². The summed E-state index contributed by atoms with van der Waals surface area (Å²) in [7, 11) is 0. The van der Waals surface area contributed by atoms with E-state index in [1.54, 1.807) is 0 Å². The Morgan fingerprint density at radius 3 is 2.30 bits per heavy atom. The second kappa shape index (κ2) is 12.1. The van der Waals surface area contributed by atoms with Crippen molar-refractivity contribution in [3.63, 3.8) is 0 Å². The van der Waals surface area contributed by atoms with E-state index in [1.807, 2.05) is 34.8 Å². The summed E-state index contributed by atoms with van der Waals surface area (Å²) in [5.41, 5.74) is 2.07. The molecule has 2 unspecified atom stereocenters. The summed E-state index contributed by atoms with van der Waals surface area (Å²) >= 11 is 0. The van der Waals surface area contributed by atoms with Gasteiger partial charge in [0.1, 0.15) is 5.82 Å². The first kappa shape index (κ1) is 27.6. The van der Waals surface area contributed by atoms with Crippen molar-refractivity contribution in [2.24, 2.45) is 0 Å². The molecule has 0 bridgehead atoms. The molecule has 0 saturated carbocycles. The average Bonchev–Trinajstić information content (AvgIpc) is 3.18. The first-order chi connectivity index (χ1) is 14.7. The molecule has 5 rings (SSSR count). The maximum absolute atomic E-state index is 4.90. The molecule has 0 aliphatic carbocycles. The van der Waals surface area contributed by atoms with Gasteiger partial charge in [0.05, 0.1) is 5.69 Å². The molecule has 11 heteroatoms. The molecule has 0 amide bonds. The largest absolute Gasteiger partial charge is 0.354 e. The highest BCUT2D eigenvalue weighted by Crippen LogP contribution is 2.23. The van der Waals surface area contributed by atoms with Gasteiger partial charge in [0.15, 0.2) is 5.82 Å². The fraction of sp³-hybridized carbons (Fsp3) is 0.500. The number of aromatic nitrogens is 4. The van der Waals surface area contributed by atoms with Crippen molar-refractivity contribution in [3.05, 3.63) is 42.1 Å². The fourth-order valence-electron chi connectivity index (χ4n) is 4.44. The Morgan fingerprint density at radius 2 is 1.61 bits per heavy atom. The number of fused-ring (bicyclic) bond motifs is 1. The molecule has 2 aliphatic heterocycles. The number of halogens is 3. The zero-order valence-electron chi connectivity index (χ0n) is 19.0. The van der Waals surface area contributed by atoms with E-state index < -0.39 is 0 Å². The molecule has 3 aromatic rings. The molecule has 8 nitrogen and oxygen atoms in total. The average molecular weight is 516 g/mol. The third kappa shape index (κ3) is 6.26. The van der Waals surface area contributed by atoms with E-state index in [-0.39, 0.29) is 37.2 Å². The normalized spacial score (nSPS) is 21.1. The van der Waals surface area contributed by atoms with Crippen LogP contribution in [0.5, 0.6) is 0 Å². The zero-order chi connectivity index (χ0) is 20.5. The number of piperazine rings is 2. The number of hydrogen-bond acceptors (Lipinski definition) is 7. The van der Waals surface area contributed by atoms with Gasteiger partial charge in [-0.1, -0.05) is 30.3 Å². The number of anilines is 1. The zero-order valence-corrected chi connectivity index (χ0v) is 21.4. The lowest BCUT2D eigenvalue weighted by molar-refractivity contribution is 0.197. The maximum Gasteiger partial charge on any atom is 0.254 e. The Kier molecular flexibility index (Phi) is 10.1. The van der Waals surface area contributed by atoms with Gasteiger partial charge in [0.2, 0.25) is 0 Å². The van der Waals surface area contributed by atoms with E-state index >= 15 is 0 Å². The van der Waals surface area contributed by atoms with Crippen molar-refractivity contribution in [1.29, 1.82) is 0 Å². The van der Waals surface area contributed by atoms with Crippen molar-refractivity contribution in [2.45, 2.75) is 32.5 Å². The van der Waals surface area contributed by atoms with Crippen molar-refractivity contribution < 1.29 is 0 Å². The summed E-state index contributed by atoms with van der Waals surface area (Å²) < 4.78 is 1.92. The second-order valence-electron chi connectivity index (χ2n) is 8.51. The molecule has 33 heavy (non-hydrogen) atoms. The molecule has 0 radical (unpaired) electrons. The second-order valence-corrected chi connectivity index (χ2v) is 8.51. The number of hydrogen-bond donors (Lipinski definition) is 2. The predicted octanol–water partition coefficient (Wildman–Crippen LogP) is 2.65. The molecular formula is C22H33Cl3N8. The minimum Gasteiger partial charge on any atom is -0.354 e. The number of nitrogens with zero attached hydrogens (tertiary/aromatic N) is 6. The van der Waals surface area contributed by atoms with Crippen molar-refractivity contribution in [1.82, 2.24) is 35.1 Å². The molecule has 4 heterocycles. The van der Waals surface area contributed by atoms with Gasteiger partial charge in [-0.05, 0) is 13.8 Å². The Labute approximate surface area is 213 Å². The van der Waals surface area contributed by atoms with Gasteiger partial charge >= 0.3 is 0 Å². The summed E-state index contributed by atoms with van der Waals surface area (Å²) in [4.78, 5) is 14.6. The number of nitrogens with one attached hydrogen (secondary N) is 2. The molecule has 182 valence electrons. The van der Waals surface area contributed by atoms with E-state index in [1.165, 1.54) is 0 Å². The van der Waals surface area contributed by atoms with Gasteiger partial charge in [-0.2, -0.15) is 9.50 Å². The number of rotatable bonds is 4. The summed E-state index contributed by atoms with van der Waals surface area (Å²) in [6, 6.07) is 13.3. The molecule has 2 saturated heterocycles. The summed E-state index contributed by atoms with van der Waals surface area (Å²) in [6.45, 7) is 11.3. The summed E-state index contributed by atoms with van der Waals surface area (Å²) in [5, 5.41) is 11.9. The van der Waals surface area contributed by atoms with Crippen LogP contribution in [-0.4, -0.2) is 75.8 Å². The lowest BCUT2D eigenvalue weighted by Crippen LogP contribution is -2.50. The summed E-state index contributed by atoms with van der Waals surface area (Å²) in [5.74, 6) is 2.48. The molecule has 2 aromatic heterocycles. The quantitative estimate of drug-likeness (QED) is 0.553. The van der Waals surface area contributed by atoms with Crippen LogP contribution in [0.25, 0.3) is 17.2 Å². The first-order valence-electron chi connectivity index (χ1n) is 10.9. The van der Waals surface area contributed by atoms with Gasteiger partial charge in [-0.15, -0.1) is 42.3 Å². The molecule has 2 aliphatic rings. The highest BCUT2D eigenvalue weighted by atomic mass is 35.5. The highest BCUT2D eigenvalue weighted by molar-refractivity contribution is 5.86. The Hall–Kier alpha value is -1.68. The SMILES string of the molecule is CC1CN(Cc2cc(N3CCNC(C)C3)n3nc(-c4ccccc4)nc3n2)CCN1.Cl.Cl.Cl. The van der Waals surface area contributed by atoms with Gasteiger partial charge in [0, 0.05) is 69.5 Å². The molecule has 2 fully saturated rings. The van der Waals surface area contributed by atoms with Crippen LogP contribution in [-0.2, 0) is 6.54 Å². The van der Waals surface area contributed by atoms with Crippen LogP contribution in [0.15, 0.2) is 36.4 Å². The Morgan fingerprint density at radius 1 is 0.909 bits per heavy atom. The minimum atomic E-state index is 0. The van der Waals surface area contributed by atoms with Crippen LogP contribution in [0, 0.1) is 0 Å². The van der Waals surface area contributed by atoms with Crippen LogP contribution >= 0.6 is 37.2 Å². The fourth-order valence-corrected chi connectivity index (χ4v) is 4.44. The highest BCUT2D eigenvalue weighted by Gasteiger charge is 2.23. The molecular weight excluding hydrogens is 483 g/mol. The van der Waals surface area contributed by atoms with E-state index in [0.29, 0.717) is 17.9 Å². The van der Waals surface area contributed by atoms with Crippen LogP contribution in [0.2, 0.25) is 0 Å². The third-order valence-corrected chi connectivity index (χ3v) is 5.91. The van der Waals surface area contributed by atoms with E-state index in [2.05, 4.69) is 40.3 Å². The predicted molar refractivity (Wildman–Crippen MR) is 140 cm³/mol. The van der Waals surface area contributed by atoms with Crippen molar-refractivity contribution in [3.8, 4) is 11.4 Å². The smallest absolute Gasteiger partial charge is 0.254 e. The van der Waals surface area contributed by atoms with Gasteiger partial charge < -0.3 is 15.5 Å². The maximum atomic E-state index is 4.90. The van der Waals surface area contributed by atoms with Crippen LogP contribution in [0.4, 0.5) is 5.82 Å². The Balaban J connectivity index is 0.00000128. The first-order valence-corrected chi connectivity index (χ1v) is 10.9. The van der Waals surface area contributed by atoms with E-state index in [0.717, 1.165) is 68.7 Å².